The minimum atomic E-state index is -0.744. The molecule has 1 saturated heterocycles. The zero-order chi connectivity index (χ0) is 11.5. The molecular weight excluding hydrogens is 192 g/mol. The normalized spacial score (nSPS) is 19.7. The van der Waals surface area contributed by atoms with Crippen molar-refractivity contribution in [1.29, 1.82) is 0 Å². The monoisotopic (exact) mass is 208 g/mol. The second kappa shape index (κ2) is 4.35. The standard InChI is InChI=1S/C11H16N2O2/c1-4-7-13-8-9(14)12-11(5-2,6-3)10(13)15/h1H,5-8H2,2-3H3,(H,12,14). The molecule has 1 fully saturated rings. The largest absolute Gasteiger partial charge is 0.340 e. The third kappa shape index (κ3) is 1.96. The SMILES string of the molecule is C#CCN1CC(=O)NC(CC)(CC)C1=O. The molecule has 82 valence electrons. The molecule has 0 aromatic rings. The molecule has 0 aromatic carbocycles. The molecule has 1 heterocycles. The van der Waals surface area contributed by atoms with Crippen molar-refractivity contribution in [1.82, 2.24) is 10.2 Å². The second-order valence-corrected chi connectivity index (χ2v) is 3.70. The van der Waals surface area contributed by atoms with Gasteiger partial charge in [-0.1, -0.05) is 19.8 Å². The zero-order valence-electron chi connectivity index (χ0n) is 9.17. The van der Waals surface area contributed by atoms with E-state index in [4.69, 9.17) is 6.42 Å². The molecule has 15 heavy (non-hydrogen) atoms. The Balaban J connectivity index is 2.95. The molecule has 0 unspecified atom stereocenters. The van der Waals surface area contributed by atoms with Crippen molar-refractivity contribution >= 4 is 11.8 Å². The van der Waals surface area contributed by atoms with E-state index in [2.05, 4.69) is 11.2 Å². The molecule has 4 nitrogen and oxygen atoms in total. The van der Waals surface area contributed by atoms with Gasteiger partial charge >= 0.3 is 0 Å². The van der Waals surface area contributed by atoms with Gasteiger partial charge in [0.1, 0.15) is 12.1 Å². The highest BCUT2D eigenvalue weighted by Crippen LogP contribution is 2.21. The molecule has 1 rings (SSSR count). The van der Waals surface area contributed by atoms with Gasteiger partial charge in [0.2, 0.25) is 11.8 Å². The van der Waals surface area contributed by atoms with Crippen LogP contribution in [-0.4, -0.2) is 35.3 Å². The highest BCUT2D eigenvalue weighted by atomic mass is 16.2. The van der Waals surface area contributed by atoms with E-state index in [0.717, 1.165) is 0 Å². The number of nitrogens with zero attached hydrogens (tertiary/aromatic N) is 1. The summed E-state index contributed by atoms with van der Waals surface area (Å²) in [6, 6.07) is 0. The summed E-state index contributed by atoms with van der Waals surface area (Å²) in [5.41, 5.74) is -0.744. The lowest BCUT2D eigenvalue weighted by Gasteiger charge is -2.40. The maximum atomic E-state index is 12.1. The predicted octanol–water partition coefficient (Wildman–Crippen LogP) is 0.137. The summed E-state index contributed by atoms with van der Waals surface area (Å²) in [6.07, 6.45) is 6.35. The molecule has 0 bridgehead atoms. The van der Waals surface area contributed by atoms with Crippen molar-refractivity contribution in [2.45, 2.75) is 32.2 Å². The lowest BCUT2D eigenvalue weighted by atomic mass is 9.89. The Bertz CT molecular complexity index is 313. The maximum absolute atomic E-state index is 12.1. The van der Waals surface area contributed by atoms with Gasteiger partial charge in [-0.05, 0) is 12.8 Å². The summed E-state index contributed by atoms with van der Waals surface area (Å²) in [4.78, 5) is 25.0. The van der Waals surface area contributed by atoms with E-state index in [1.807, 2.05) is 13.8 Å². The first-order valence-corrected chi connectivity index (χ1v) is 5.13. The van der Waals surface area contributed by atoms with E-state index < -0.39 is 5.54 Å². The molecule has 0 saturated carbocycles. The fourth-order valence-corrected chi connectivity index (χ4v) is 1.87. The summed E-state index contributed by atoms with van der Waals surface area (Å²) in [5.74, 6) is 2.20. The number of rotatable bonds is 3. The van der Waals surface area contributed by atoms with Crippen molar-refractivity contribution < 1.29 is 9.59 Å². The molecular formula is C11H16N2O2. The Labute approximate surface area is 90.0 Å². The minimum absolute atomic E-state index is 0.0648. The number of hydrogen-bond donors (Lipinski definition) is 1. The van der Waals surface area contributed by atoms with Gasteiger partial charge in [0.15, 0.2) is 0 Å². The van der Waals surface area contributed by atoms with E-state index in [9.17, 15) is 9.59 Å². The molecule has 1 aliphatic heterocycles. The van der Waals surface area contributed by atoms with E-state index in [1.165, 1.54) is 4.90 Å². The van der Waals surface area contributed by atoms with Gasteiger partial charge in [-0.25, -0.2) is 0 Å². The van der Waals surface area contributed by atoms with Gasteiger partial charge < -0.3 is 10.2 Å². The van der Waals surface area contributed by atoms with Crippen LogP contribution in [0.4, 0.5) is 0 Å². The number of terminal acetylenes is 1. The van der Waals surface area contributed by atoms with Crippen molar-refractivity contribution in [3.05, 3.63) is 0 Å². The summed E-state index contributed by atoms with van der Waals surface area (Å²) in [7, 11) is 0. The van der Waals surface area contributed by atoms with Crippen LogP contribution < -0.4 is 5.32 Å². The predicted molar refractivity (Wildman–Crippen MR) is 56.9 cm³/mol. The molecule has 0 radical (unpaired) electrons. The highest BCUT2D eigenvalue weighted by Gasteiger charge is 2.43. The first-order valence-electron chi connectivity index (χ1n) is 5.13. The zero-order valence-corrected chi connectivity index (χ0v) is 9.17. The summed E-state index contributed by atoms with van der Waals surface area (Å²) < 4.78 is 0. The molecule has 0 spiro atoms. The number of piperazine rings is 1. The average molecular weight is 208 g/mol. The van der Waals surface area contributed by atoms with Crippen molar-refractivity contribution in [3.8, 4) is 12.3 Å². The van der Waals surface area contributed by atoms with Crippen LogP contribution in [0.3, 0.4) is 0 Å². The fourth-order valence-electron chi connectivity index (χ4n) is 1.87. The number of amides is 2. The summed E-state index contributed by atoms with van der Waals surface area (Å²) >= 11 is 0. The van der Waals surface area contributed by atoms with E-state index >= 15 is 0 Å². The van der Waals surface area contributed by atoms with E-state index in [1.54, 1.807) is 0 Å². The Morgan fingerprint density at radius 3 is 2.53 bits per heavy atom. The smallest absolute Gasteiger partial charge is 0.249 e. The third-order valence-corrected chi connectivity index (χ3v) is 2.90. The molecule has 1 aliphatic rings. The van der Waals surface area contributed by atoms with Gasteiger partial charge in [-0.2, -0.15) is 0 Å². The lowest BCUT2D eigenvalue weighted by Crippen LogP contribution is -2.66. The number of hydrogen-bond acceptors (Lipinski definition) is 2. The summed E-state index contributed by atoms with van der Waals surface area (Å²) in [6.45, 7) is 4.06. The van der Waals surface area contributed by atoms with E-state index in [-0.39, 0.29) is 24.9 Å². The van der Waals surface area contributed by atoms with Crippen LogP contribution in [0.1, 0.15) is 26.7 Å². The van der Waals surface area contributed by atoms with Crippen LogP contribution in [-0.2, 0) is 9.59 Å². The summed E-state index contributed by atoms with van der Waals surface area (Å²) in [5, 5.41) is 2.77. The Morgan fingerprint density at radius 1 is 1.47 bits per heavy atom. The third-order valence-electron chi connectivity index (χ3n) is 2.90. The Morgan fingerprint density at radius 2 is 2.07 bits per heavy atom. The Kier molecular flexibility index (Phi) is 3.35. The average Bonchev–Trinajstić information content (AvgIpc) is 2.23. The van der Waals surface area contributed by atoms with Crippen molar-refractivity contribution in [3.63, 3.8) is 0 Å². The molecule has 0 atom stereocenters. The number of carbonyl (C=O) groups is 2. The van der Waals surface area contributed by atoms with Crippen molar-refractivity contribution in [2.75, 3.05) is 13.1 Å². The van der Waals surface area contributed by atoms with Gasteiger partial charge in [-0.15, -0.1) is 6.42 Å². The topological polar surface area (TPSA) is 49.4 Å². The van der Waals surface area contributed by atoms with Gasteiger partial charge in [0.05, 0.1) is 6.54 Å². The van der Waals surface area contributed by atoms with Gasteiger partial charge in [-0.3, -0.25) is 9.59 Å². The molecule has 1 N–H and O–H groups in total. The number of carbonyl (C=O) groups excluding carboxylic acids is 2. The van der Waals surface area contributed by atoms with Crippen LogP contribution in [0, 0.1) is 12.3 Å². The molecule has 2 amide bonds. The van der Waals surface area contributed by atoms with Crippen LogP contribution in [0.5, 0.6) is 0 Å². The van der Waals surface area contributed by atoms with Gasteiger partial charge in [0.25, 0.3) is 0 Å². The van der Waals surface area contributed by atoms with Crippen LogP contribution in [0.25, 0.3) is 0 Å². The van der Waals surface area contributed by atoms with Crippen LogP contribution in [0.15, 0.2) is 0 Å². The van der Waals surface area contributed by atoms with E-state index in [0.29, 0.717) is 12.8 Å². The fraction of sp³-hybridized carbons (Fsp3) is 0.636. The molecule has 0 aromatic heterocycles. The molecule has 4 heteroatoms. The Hall–Kier alpha value is -1.50. The first-order chi connectivity index (χ1) is 7.09. The number of nitrogens with one attached hydrogen (secondary N) is 1. The maximum Gasteiger partial charge on any atom is 0.249 e. The van der Waals surface area contributed by atoms with Crippen molar-refractivity contribution in [2.24, 2.45) is 0 Å². The van der Waals surface area contributed by atoms with Crippen LogP contribution in [0.2, 0.25) is 0 Å². The quantitative estimate of drug-likeness (QED) is 0.670. The first kappa shape index (κ1) is 11.6. The minimum Gasteiger partial charge on any atom is -0.340 e. The second-order valence-electron chi connectivity index (χ2n) is 3.70. The van der Waals surface area contributed by atoms with Crippen LogP contribution >= 0.6 is 0 Å². The lowest BCUT2D eigenvalue weighted by molar-refractivity contribution is -0.149. The highest BCUT2D eigenvalue weighted by molar-refractivity contribution is 5.98. The molecule has 0 aliphatic carbocycles. The van der Waals surface area contributed by atoms with Gasteiger partial charge in [0, 0.05) is 0 Å².